The zero-order valence-corrected chi connectivity index (χ0v) is 22.1. The van der Waals surface area contributed by atoms with E-state index in [0.29, 0.717) is 44.7 Å². The van der Waals surface area contributed by atoms with E-state index in [1.807, 2.05) is 11.0 Å². The van der Waals surface area contributed by atoms with Crippen LogP contribution in [0.25, 0.3) is 22.2 Å². The van der Waals surface area contributed by atoms with Gasteiger partial charge >= 0.3 is 0 Å². The Labute approximate surface area is 224 Å². The summed E-state index contributed by atoms with van der Waals surface area (Å²) in [5.41, 5.74) is 7.46. The minimum absolute atomic E-state index is 0.222. The predicted molar refractivity (Wildman–Crippen MR) is 148 cm³/mol. The first-order valence-corrected chi connectivity index (χ1v) is 14.5. The number of amides is 1. The highest BCUT2D eigenvalue weighted by molar-refractivity contribution is 5.96. The minimum atomic E-state index is 0.222. The van der Waals surface area contributed by atoms with E-state index in [0.717, 1.165) is 31.4 Å². The monoisotopic (exact) mass is 511 g/mol. The molecule has 6 nitrogen and oxygen atoms in total. The number of fused-ring (bicyclic) bond motifs is 7. The maximum Gasteiger partial charge on any atom is 0.236 e. The Morgan fingerprint density at radius 2 is 1.79 bits per heavy atom. The Hall–Kier alpha value is -2.96. The van der Waals surface area contributed by atoms with E-state index in [4.69, 9.17) is 4.74 Å². The van der Waals surface area contributed by atoms with Crippen molar-refractivity contribution in [2.75, 3.05) is 39.4 Å². The summed E-state index contributed by atoms with van der Waals surface area (Å²) < 4.78 is 8.02. The van der Waals surface area contributed by atoms with Gasteiger partial charge in [0.15, 0.2) is 0 Å². The standard InChI is InChI=1S/C32H37N3O3/c36-21-22-10-11-27-28(18-22)35-19-24-12-13-34(20-29(37)33-14-16-38-17-15-33)31(24)25-8-4-5-9-26(25)32(35)30(27)23-6-2-1-3-7-23/h4-5,8-11,18,21,23-24,31H,1-3,6-7,12-17,19-20H2/t24-,31+/m0/s1. The zero-order valence-electron chi connectivity index (χ0n) is 22.1. The maximum atomic E-state index is 13.3. The van der Waals surface area contributed by atoms with E-state index in [1.54, 1.807) is 0 Å². The lowest BCUT2D eigenvalue weighted by atomic mass is 9.81. The number of likely N-dealkylation sites (tertiary alicyclic amines) is 1. The van der Waals surface area contributed by atoms with Gasteiger partial charge < -0.3 is 14.2 Å². The normalized spacial score (nSPS) is 24.1. The molecule has 4 heterocycles. The molecule has 198 valence electrons. The van der Waals surface area contributed by atoms with Gasteiger partial charge in [-0.2, -0.15) is 0 Å². The average molecular weight is 512 g/mol. The molecule has 1 saturated carbocycles. The number of morpholine rings is 1. The van der Waals surface area contributed by atoms with Crippen molar-refractivity contribution < 1.29 is 14.3 Å². The van der Waals surface area contributed by atoms with Crippen LogP contribution in [-0.4, -0.2) is 66.0 Å². The summed E-state index contributed by atoms with van der Waals surface area (Å²) in [6.07, 6.45) is 8.41. The maximum absolute atomic E-state index is 13.3. The van der Waals surface area contributed by atoms with E-state index in [2.05, 4.69) is 45.9 Å². The molecule has 1 amide bonds. The highest BCUT2D eigenvalue weighted by Gasteiger charge is 2.42. The molecule has 0 N–H and O–H groups in total. The number of hydrogen-bond donors (Lipinski definition) is 0. The van der Waals surface area contributed by atoms with Gasteiger partial charge in [0.05, 0.1) is 25.5 Å². The molecular weight excluding hydrogens is 474 g/mol. The van der Waals surface area contributed by atoms with Crippen LogP contribution in [0.5, 0.6) is 0 Å². The highest BCUT2D eigenvalue weighted by Crippen LogP contribution is 2.51. The Morgan fingerprint density at radius 1 is 0.974 bits per heavy atom. The van der Waals surface area contributed by atoms with Crippen molar-refractivity contribution in [3.8, 4) is 11.3 Å². The third kappa shape index (κ3) is 4.00. The molecule has 0 unspecified atom stereocenters. The molecule has 1 aliphatic carbocycles. The van der Waals surface area contributed by atoms with Gasteiger partial charge in [0.1, 0.15) is 6.29 Å². The lowest BCUT2D eigenvalue weighted by molar-refractivity contribution is -0.136. The summed E-state index contributed by atoms with van der Waals surface area (Å²) >= 11 is 0. The quantitative estimate of drug-likeness (QED) is 0.440. The van der Waals surface area contributed by atoms with E-state index in [-0.39, 0.29) is 11.9 Å². The van der Waals surface area contributed by atoms with Crippen LogP contribution in [0.2, 0.25) is 0 Å². The number of ether oxygens (including phenoxy) is 1. The van der Waals surface area contributed by atoms with Crippen molar-refractivity contribution in [3.63, 3.8) is 0 Å². The lowest BCUT2D eigenvalue weighted by Crippen LogP contribution is -2.45. The van der Waals surface area contributed by atoms with E-state index in [1.165, 1.54) is 65.4 Å². The number of carbonyl (C=O) groups is 2. The molecule has 38 heavy (non-hydrogen) atoms. The molecule has 7 rings (SSSR count). The summed E-state index contributed by atoms with van der Waals surface area (Å²) in [7, 11) is 0. The van der Waals surface area contributed by atoms with Crippen LogP contribution in [0.4, 0.5) is 0 Å². The molecule has 0 bridgehead atoms. The van der Waals surface area contributed by atoms with Gasteiger partial charge in [0.2, 0.25) is 5.91 Å². The topological polar surface area (TPSA) is 54.8 Å². The predicted octanol–water partition coefficient (Wildman–Crippen LogP) is 5.40. The fourth-order valence-corrected chi connectivity index (χ4v) is 7.79. The number of hydrogen-bond acceptors (Lipinski definition) is 4. The molecule has 3 fully saturated rings. The van der Waals surface area contributed by atoms with Crippen LogP contribution < -0.4 is 0 Å². The highest BCUT2D eigenvalue weighted by atomic mass is 16.5. The number of rotatable bonds is 4. The van der Waals surface area contributed by atoms with Crippen LogP contribution in [0.1, 0.15) is 72.0 Å². The molecule has 6 heteroatoms. The van der Waals surface area contributed by atoms with Crippen LogP contribution in [0.15, 0.2) is 42.5 Å². The fraction of sp³-hybridized carbons (Fsp3) is 0.500. The van der Waals surface area contributed by atoms with Crippen LogP contribution in [0.3, 0.4) is 0 Å². The Bertz CT molecular complexity index is 1370. The summed E-state index contributed by atoms with van der Waals surface area (Å²) in [4.78, 5) is 29.5. The average Bonchev–Trinajstić information content (AvgIpc) is 3.47. The largest absolute Gasteiger partial charge is 0.378 e. The van der Waals surface area contributed by atoms with Gasteiger partial charge in [-0.3, -0.25) is 14.5 Å². The number of benzene rings is 2. The van der Waals surface area contributed by atoms with Crippen molar-refractivity contribution in [2.24, 2.45) is 5.92 Å². The van der Waals surface area contributed by atoms with Gasteiger partial charge in [0, 0.05) is 47.7 Å². The van der Waals surface area contributed by atoms with E-state index >= 15 is 0 Å². The van der Waals surface area contributed by atoms with Crippen molar-refractivity contribution >= 4 is 23.1 Å². The lowest BCUT2D eigenvalue weighted by Gasteiger charge is -2.32. The van der Waals surface area contributed by atoms with E-state index < -0.39 is 0 Å². The van der Waals surface area contributed by atoms with Crippen LogP contribution >= 0.6 is 0 Å². The van der Waals surface area contributed by atoms with Gasteiger partial charge in [-0.1, -0.05) is 55.7 Å². The zero-order chi connectivity index (χ0) is 25.6. The van der Waals surface area contributed by atoms with Crippen molar-refractivity contribution in [1.82, 2.24) is 14.4 Å². The first-order chi connectivity index (χ1) is 18.7. The van der Waals surface area contributed by atoms with E-state index in [9.17, 15) is 9.59 Å². The first kappa shape index (κ1) is 24.1. The Balaban J connectivity index is 1.35. The van der Waals surface area contributed by atoms with Crippen molar-refractivity contribution in [2.45, 2.75) is 57.0 Å². The second-order valence-corrected chi connectivity index (χ2v) is 11.6. The molecule has 0 radical (unpaired) electrons. The molecule has 2 atom stereocenters. The molecular formula is C32H37N3O3. The van der Waals surface area contributed by atoms with Gasteiger partial charge in [-0.15, -0.1) is 0 Å². The van der Waals surface area contributed by atoms with Crippen LogP contribution in [-0.2, 0) is 16.1 Å². The molecule has 0 spiro atoms. The molecule has 3 aromatic rings. The van der Waals surface area contributed by atoms with Crippen molar-refractivity contribution in [1.29, 1.82) is 0 Å². The molecule has 4 aliphatic rings. The number of aldehydes is 1. The summed E-state index contributed by atoms with van der Waals surface area (Å²) in [6, 6.07) is 15.5. The minimum Gasteiger partial charge on any atom is -0.378 e. The third-order valence-corrected chi connectivity index (χ3v) is 9.56. The number of carbonyl (C=O) groups excluding carboxylic acids is 2. The summed E-state index contributed by atoms with van der Waals surface area (Å²) in [6.45, 7) is 4.98. The molecule has 2 aromatic carbocycles. The third-order valence-electron chi connectivity index (χ3n) is 9.56. The first-order valence-electron chi connectivity index (χ1n) is 14.5. The van der Waals surface area contributed by atoms with Gasteiger partial charge in [-0.05, 0) is 54.8 Å². The van der Waals surface area contributed by atoms with Gasteiger partial charge in [-0.25, -0.2) is 0 Å². The SMILES string of the molecule is O=Cc1ccc2c(C3CCCCC3)c3n(c2c1)C[C@@H]1CCN(CC(=O)N2CCOCC2)[C@H]1c1ccccc1-3. The number of nitrogens with zero attached hydrogens (tertiary/aromatic N) is 3. The Kier molecular flexibility index (Phi) is 6.33. The number of aromatic nitrogens is 1. The smallest absolute Gasteiger partial charge is 0.236 e. The molecule has 1 aromatic heterocycles. The summed E-state index contributed by atoms with van der Waals surface area (Å²) in [5.74, 6) is 1.19. The molecule has 2 saturated heterocycles. The second-order valence-electron chi connectivity index (χ2n) is 11.6. The molecule has 3 aliphatic heterocycles. The second kappa shape index (κ2) is 9.97. The van der Waals surface area contributed by atoms with Gasteiger partial charge in [0.25, 0.3) is 0 Å². The Morgan fingerprint density at radius 3 is 2.61 bits per heavy atom. The van der Waals surface area contributed by atoms with Crippen molar-refractivity contribution in [3.05, 3.63) is 59.2 Å². The summed E-state index contributed by atoms with van der Waals surface area (Å²) in [5, 5.41) is 1.32. The van der Waals surface area contributed by atoms with Crippen LogP contribution in [0, 0.1) is 5.92 Å². The fourth-order valence-electron chi connectivity index (χ4n) is 7.79.